The molecular formula is C21H21FN4O3. The van der Waals surface area contributed by atoms with Crippen LogP contribution in [0.25, 0.3) is 11.3 Å². The fraction of sp³-hybridized carbons (Fsp3) is 0.190. The minimum atomic E-state index is -0.448. The quantitative estimate of drug-likeness (QED) is 0.565. The second kappa shape index (κ2) is 10.0. The fourth-order valence-corrected chi connectivity index (χ4v) is 2.50. The maximum Gasteiger partial charge on any atom is 0.319 e. The Kier molecular flexibility index (Phi) is 6.94. The van der Waals surface area contributed by atoms with Gasteiger partial charge in [0.25, 0.3) is 0 Å². The van der Waals surface area contributed by atoms with Crippen LogP contribution in [0.15, 0.2) is 60.7 Å². The van der Waals surface area contributed by atoms with Gasteiger partial charge in [-0.25, -0.2) is 9.18 Å². The molecule has 29 heavy (non-hydrogen) atoms. The van der Waals surface area contributed by atoms with Crippen LogP contribution < -0.4 is 20.1 Å². The second-order valence-electron chi connectivity index (χ2n) is 5.95. The van der Waals surface area contributed by atoms with Crippen molar-refractivity contribution < 1.29 is 18.7 Å². The second-order valence-corrected chi connectivity index (χ2v) is 5.95. The van der Waals surface area contributed by atoms with Crippen LogP contribution in [0.1, 0.15) is 6.92 Å². The van der Waals surface area contributed by atoms with E-state index in [1.807, 2.05) is 37.3 Å². The van der Waals surface area contributed by atoms with Gasteiger partial charge in [-0.1, -0.05) is 6.07 Å². The van der Waals surface area contributed by atoms with E-state index >= 15 is 0 Å². The van der Waals surface area contributed by atoms with Crippen molar-refractivity contribution in [2.45, 2.75) is 6.92 Å². The molecular weight excluding hydrogens is 375 g/mol. The predicted octanol–water partition coefficient (Wildman–Crippen LogP) is 3.88. The van der Waals surface area contributed by atoms with Crippen molar-refractivity contribution in [1.82, 2.24) is 15.5 Å². The van der Waals surface area contributed by atoms with Crippen LogP contribution in [0, 0.1) is 5.82 Å². The highest BCUT2D eigenvalue weighted by Gasteiger charge is 2.04. The number of hydrogen-bond donors (Lipinski definition) is 2. The average molecular weight is 396 g/mol. The van der Waals surface area contributed by atoms with Crippen LogP contribution in [0.4, 0.5) is 14.9 Å². The summed E-state index contributed by atoms with van der Waals surface area (Å²) in [6, 6.07) is 16.3. The highest BCUT2D eigenvalue weighted by molar-refractivity contribution is 5.89. The summed E-state index contributed by atoms with van der Waals surface area (Å²) in [5.74, 6) is 0.739. The minimum absolute atomic E-state index is 0.216. The van der Waals surface area contributed by atoms with E-state index in [9.17, 15) is 9.18 Å². The number of nitrogens with zero attached hydrogens (tertiary/aromatic N) is 2. The van der Waals surface area contributed by atoms with Crippen LogP contribution in [0.2, 0.25) is 0 Å². The Morgan fingerprint density at radius 2 is 1.86 bits per heavy atom. The van der Waals surface area contributed by atoms with Crippen molar-refractivity contribution in [2.24, 2.45) is 0 Å². The maximum atomic E-state index is 13.1. The van der Waals surface area contributed by atoms with E-state index in [0.717, 1.165) is 11.3 Å². The van der Waals surface area contributed by atoms with Crippen LogP contribution in [0.3, 0.4) is 0 Å². The first-order chi connectivity index (χ1) is 14.1. The van der Waals surface area contributed by atoms with Crippen molar-refractivity contribution in [1.29, 1.82) is 0 Å². The standard InChI is InChI=1S/C21H21FN4O3/c1-2-28-18-8-6-15(7-9-18)19-10-11-20(26-25-19)29-13-12-23-21(27)24-17-5-3-4-16(22)14-17/h3-11,14H,2,12-13H2,1H3,(H2,23,24,27). The number of amides is 2. The van der Waals surface area contributed by atoms with E-state index in [0.29, 0.717) is 23.9 Å². The summed E-state index contributed by atoms with van der Waals surface area (Å²) in [5, 5.41) is 13.3. The smallest absolute Gasteiger partial charge is 0.319 e. The fourth-order valence-electron chi connectivity index (χ4n) is 2.50. The summed E-state index contributed by atoms with van der Waals surface area (Å²) in [7, 11) is 0. The van der Waals surface area contributed by atoms with Crippen LogP contribution in [-0.4, -0.2) is 36.0 Å². The van der Waals surface area contributed by atoms with Gasteiger partial charge in [-0.05, 0) is 55.5 Å². The van der Waals surface area contributed by atoms with Gasteiger partial charge < -0.3 is 20.1 Å². The number of rotatable bonds is 8. The minimum Gasteiger partial charge on any atom is -0.494 e. The summed E-state index contributed by atoms with van der Waals surface area (Å²) in [6.07, 6.45) is 0. The maximum absolute atomic E-state index is 13.1. The Morgan fingerprint density at radius 3 is 2.55 bits per heavy atom. The topological polar surface area (TPSA) is 85.4 Å². The van der Waals surface area contributed by atoms with E-state index in [-0.39, 0.29) is 13.2 Å². The third kappa shape index (κ3) is 6.17. The zero-order valence-corrected chi connectivity index (χ0v) is 15.9. The Bertz CT molecular complexity index is 933. The number of anilines is 1. The number of carbonyl (C=O) groups is 1. The van der Waals surface area contributed by atoms with Crippen LogP contribution >= 0.6 is 0 Å². The zero-order chi connectivity index (χ0) is 20.5. The third-order valence-corrected chi connectivity index (χ3v) is 3.82. The van der Waals surface area contributed by atoms with Gasteiger partial charge in [0.05, 0.1) is 18.8 Å². The SMILES string of the molecule is CCOc1ccc(-c2ccc(OCCNC(=O)Nc3cccc(F)c3)nn2)cc1. The first kappa shape index (κ1) is 20.1. The van der Waals surface area contributed by atoms with Crippen LogP contribution in [-0.2, 0) is 0 Å². The molecule has 0 saturated heterocycles. The average Bonchev–Trinajstić information content (AvgIpc) is 2.73. The van der Waals surface area contributed by atoms with Gasteiger partial charge in [-0.2, -0.15) is 0 Å². The van der Waals surface area contributed by atoms with E-state index < -0.39 is 11.8 Å². The molecule has 2 amide bonds. The van der Waals surface area contributed by atoms with E-state index in [1.54, 1.807) is 12.1 Å². The Labute approximate surface area is 167 Å². The molecule has 1 aromatic heterocycles. The van der Waals surface area contributed by atoms with Crippen LogP contribution in [0.5, 0.6) is 11.6 Å². The molecule has 0 aliphatic rings. The molecule has 2 aromatic carbocycles. The lowest BCUT2D eigenvalue weighted by Gasteiger charge is -2.09. The molecule has 0 spiro atoms. The van der Waals surface area contributed by atoms with Gasteiger partial charge >= 0.3 is 6.03 Å². The molecule has 0 radical (unpaired) electrons. The molecule has 7 nitrogen and oxygen atoms in total. The molecule has 0 saturated carbocycles. The lowest BCUT2D eigenvalue weighted by Crippen LogP contribution is -2.32. The molecule has 0 fully saturated rings. The molecule has 0 aliphatic heterocycles. The molecule has 1 heterocycles. The number of aromatic nitrogens is 2. The first-order valence-corrected chi connectivity index (χ1v) is 9.14. The molecule has 8 heteroatoms. The molecule has 0 bridgehead atoms. The molecule has 2 N–H and O–H groups in total. The van der Waals surface area contributed by atoms with Gasteiger partial charge in [0.1, 0.15) is 18.2 Å². The molecule has 0 aliphatic carbocycles. The third-order valence-electron chi connectivity index (χ3n) is 3.82. The highest BCUT2D eigenvalue weighted by Crippen LogP contribution is 2.21. The molecule has 0 atom stereocenters. The monoisotopic (exact) mass is 396 g/mol. The zero-order valence-electron chi connectivity index (χ0n) is 15.9. The first-order valence-electron chi connectivity index (χ1n) is 9.14. The summed E-state index contributed by atoms with van der Waals surface area (Å²) < 4.78 is 24.0. The summed E-state index contributed by atoms with van der Waals surface area (Å²) in [4.78, 5) is 11.8. The Hall–Kier alpha value is -3.68. The normalized spacial score (nSPS) is 10.3. The number of nitrogens with one attached hydrogen (secondary N) is 2. The van der Waals surface area contributed by atoms with Gasteiger partial charge in [-0.3, -0.25) is 0 Å². The lowest BCUT2D eigenvalue weighted by molar-refractivity contribution is 0.246. The van der Waals surface area contributed by atoms with E-state index in [1.165, 1.54) is 18.2 Å². The predicted molar refractivity (Wildman–Crippen MR) is 108 cm³/mol. The number of halogens is 1. The largest absolute Gasteiger partial charge is 0.494 e. The number of urea groups is 1. The Morgan fingerprint density at radius 1 is 1.03 bits per heavy atom. The van der Waals surface area contributed by atoms with Gasteiger partial charge in [0, 0.05) is 17.3 Å². The van der Waals surface area contributed by atoms with Gasteiger partial charge in [-0.15, -0.1) is 10.2 Å². The Balaban J connectivity index is 1.42. The number of benzene rings is 2. The summed E-state index contributed by atoms with van der Waals surface area (Å²) >= 11 is 0. The van der Waals surface area contributed by atoms with Crippen molar-refractivity contribution in [3.05, 3.63) is 66.5 Å². The molecule has 150 valence electrons. The molecule has 3 aromatic rings. The van der Waals surface area contributed by atoms with Crippen molar-refractivity contribution in [3.63, 3.8) is 0 Å². The number of hydrogen-bond acceptors (Lipinski definition) is 5. The number of carbonyl (C=O) groups excluding carboxylic acids is 1. The van der Waals surface area contributed by atoms with Gasteiger partial charge in [0.15, 0.2) is 0 Å². The van der Waals surface area contributed by atoms with Crippen molar-refractivity contribution >= 4 is 11.7 Å². The van der Waals surface area contributed by atoms with Gasteiger partial charge in [0.2, 0.25) is 5.88 Å². The lowest BCUT2D eigenvalue weighted by atomic mass is 10.1. The highest BCUT2D eigenvalue weighted by atomic mass is 19.1. The molecule has 3 rings (SSSR count). The summed E-state index contributed by atoms with van der Waals surface area (Å²) in [5.41, 5.74) is 2.01. The van der Waals surface area contributed by atoms with Crippen molar-refractivity contribution in [2.75, 3.05) is 25.1 Å². The summed E-state index contributed by atoms with van der Waals surface area (Å²) in [6.45, 7) is 3.02. The molecule has 0 unspecified atom stereocenters. The van der Waals surface area contributed by atoms with E-state index in [2.05, 4.69) is 20.8 Å². The van der Waals surface area contributed by atoms with Crippen molar-refractivity contribution in [3.8, 4) is 22.9 Å². The van der Waals surface area contributed by atoms with E-state index in [4.69, 9.17) is 9.47 Å². The number of ether oxygens (including phenoxy) is 2.